The van der Waals surface area contributed by atoms with Crippen molar-refractivity contribution in [2.24, 2.45) is 0 Å². The van der Waals surface area contributed by atoms with E-state index in [9.17, 15) is 13.2 Å². The lowest BCUT2D eigenvalue weighted by Crippen LogP contribution is -2.35. The van der Waals surface area contributed by atoms with Crippen LogP contribution >= 0.6 is 11.8 Å². The molecule has 0 bridgehead atoms. The summed E-state index contributed by atoms with van der Waals surface area (Å²) in [5.74, 6) is -0.0612. The number of carbonyl (C=O) groups excluding carboxylic acids is 1. The summed E-state index contributed by atoms with van der Waals surface area (Å²) in [6.45, 7) is 1.49. The van der Waals surface area contributed by atoms with Crippen LogP contribution in [0.2, 0.25) is 0 Å². The smallest absolute Gasteiger partial charge is 0.319 e. The van der Waals surface area contributed by atoms with E-state index in [1.54, 1.807) is 24.3 Å². The highest BCUT2D eigenvalue weighted by molar-refractivity contribution is 8.00. The lowest BCUT2D eigenvalue weighted by atomic mass is 10.2. The van der Waals surface area contributed by atoms with Crippen molar-refractivity contribution in [2.75, 3.05) is 19.7 Å². The van der Waals surface area contributed by atoms with Crippen LogP contribution in [-0.2, 0) is 19.6 Å². The minimum atomic E-state index is -3.53. The van der Waals surface area contributed by atoms with E-state index in [-0.39, 0.29) is 27.2 Å². The first-order valence-electron chi connectivity index (χ1n) is 8.81. The zero-order chi connectivity index (χ0) is 18.9. The molecule has 1 aromatic carbocycles. The van der Waals surface area contributed by atoms with Crippen molar-refractivity contribution in [3.05, 3.63) is 24.3 Å². The van der Waals surface area contributed by atoms with Gasteiger partial charge in [0.15, 0.2) is 0 Å². The molecule has 0 N–H and O–H groups in total. The summed E-state index contributed by atoms with van der Waals surface area (Å²) >= 11 is 1.17. The van der Waals surface area contributed by atoms with Gasteiger partial charge in [0.25, 0.3) is 5.22 Å². The first-order valence-corrected chi connectivity index (χ1v) is 11.1. The van der Waals surface area contributed by atoms with Gasteiger partial charge in [-0.3, -0.25) is 4.79 Å². The molecular weight excluding hydrogens is 390 g/mol. The van der Waals surface area contributed by atoms with Crippen molar-refractivity contribution in [1.29, 1.82) is 0 Å². The molecule has 0 amide bonds. The standard InChI is InChI=1S/C17H19N3O5S2/c21-16-14(7-10-24-16)26-17-19-18-15(25-17)12-5-4-6-13(11-12)27(22,23)20-8-2-1-3-9-20/h4-6,11,14H,1-3,7-10H2/t14-/m1/s1. The lowest BCUT2D eigenvalue weighted by molar-refractivity contribution is -0.137. The summed E-state index contributed by atoms with van der Waals surface area (Å²) in [6.07, 6.45) is 3.42. The Balaban J connectivity index is 1.55. The zero-order valence-corrected chi connectivity index (χ0v) is 16.2. The maximum Gasteiger partial charge on any atom is 0.319 e. The highest BCUT2D eigenvalue weighted by Gasteiger charge is 2.30. The maximum atomic E-state index is 12.8. The Labute approximate surface area is 161 Å². The number of sulfonamides is 1. The van der Waals surface area contributed by atoms with Crippen LogP contribution in [0.25, 0.3) is 11.5 Å². The molecule has 4 rings (SSSR count). The van der Waals surface area contributed by atoms with Crippen LogP contribution in [-0.4, -0.2) is 53.8 Å². The third kappa shape index (κ3) is 3.87. The Morgan fingerprint density at radius 3 is 2.70 bits per heavy atom. The van der Waals surface area contributed by atoms with E-state index in [0.717, 1.165) is 19.3 Å². The van der Waals surface area contributed by atoms with Gasteiger partial charge >= 0.3 is 5.97 Å². The molecule has 2 saturated heterocycles. The molecule has 27 heavy (non-hydrogen) atoms. The SMILES string of the molecule is O=C1OCC[C@H]1Sc1nnc(-c2cccc(S(=O)(=O)N3CCCCC3)c2)o1. The number of ether oxygens (including phenoxy) is 1. The van der Waals surface area contributed by atoms with E-state index >= 15 is 0 Å². The molecule has 0 aliphatic carbocycles. The molecule has 0 saturated carbocycles. The van der Waals surface area contributed by atoms with Crippen LogP contribution in [0.4, 0.5) is 0 Å². The average molecular weight is 409 g/mol. The van der Waals surface area contributed by atoms with Crippen molar-refractivity contribution in [3.63, 3.8) is 0 Å². The van der Waals surface area contributed by atoms with Crippen molar-refractivity contribution in [3.8, 4) is 11.5 Å². The van der Waals surface area contributed by atoms with Crippen LogP contribution < -0.4 is 0 Å². The molecular formula is C17H19N3O5S2. The third-order valence-corrected chi connectivity index (χ3v) is 7.54. The molecule has 1 atom stereocenters. The summed E-state index contributed by atoms with van der Waals surface area (Å²) in [4.78, 5) is 11.8. The number of aromatic nitrogens is 2. The van der Waals surface area contributed by atoms with E-state index < -0.39 is 10.0 Å². The van der Waals surface area contributed by atoms with E-state index in [0.29, 0.717) is 31.7 Å². The Bertz CT molecular complexity index is 938. The van der Waals surface area contributed by atoms with E-state index in [4.69, 9.17) is 9.15 Å². The number of nitrogens with zero attached hydrogens (tertiary/aromatic N) is 3. The fraction of sp³-hybridized carbons (Fsp3) is 0.471. The van der Waals surface area contributed by atoms with Gasteiger partial charge in [-0.05, 0) is 42.8 Å². The van der Waals surface area contributed by atoms with Crippen LogP contribution in [0.5, 0.6) is 0 Å². The number of esters is 1. The minimum Gasteiger partial charge on any atom is -0.465 e. The summed E-state index contributed by atoms with van der Waals surface area (Å²) in [5.41, 5.74) is 0.529. The second-order valence-electron chi connectivity index (χ2n) is 6.43. The molecule has 2 fully saturated rings. The van der Waals surface area contributed by atoms with Gasteiger partial charge in [-0.2, -0.15) is 4.31 Å². The number of hydrogen-bond donors (Lipinski definition) is 0. The second kappa shape index (κ2) is 7.61. The van der Waals surface area contributed by atoms with Gasteiger partial charge in [-0.15, -0.1) is 10.2 Å². The van der Waals surface area contributed by atoms with Crippen LogP contribution in [0.1, 0.15) is 25.7 Å². The number of carbonyl (C=O) groups is 1. The number of hydrogen-bond acceptors (Lipinski definition) is 8. The molecule has 144 valence electrons. The Morgan fingerprint density at radius 2 is 1.96 bits per heavy atom. The largest absolute Gasteiger partial charge is 0.465 e. The monoisotopic (exact) mass is 409 g/mol. The van der Waals surface area contributed by atoms with E-state index in [1.807, 2.05) is 0 Å². The normalized spacial score (nSPS) is 21.3. The Kier molecular flexibility index (Phi) is 5.20. The lowest BCUT2D eigenvalue weighted by Gasteiger charge is -2.25. The molecule has 8 nitrogen and oxygen atoms in total. The number of benzene rings is 1. The summed E-state index contributed by atoms with van der Waals surface area (Å²) in [6, 6.07) is 6.52. The Morgan fingerprint density at radius 1 is 1.15 bits per heavy atom. The van der Waals surface area contributed by atoms with Gasteiger partial charge in [0.2, 0.25) is 15.9 Å². The van der Waals surface area contributed by atoms with Gasteiger partial charge in [0.1, 0.15) is 5.25 Å². The van der Waals surface area contributed by atoms with E-state index in [1.165, 1.54) is 16.1 Å². The fourth-order valence-electron chi connectivity index (χ4n) is 3.12. The molecule has 2 aliphatic rings. The second-order valence-corrected chi connectivity index (χ2v) is 9.52. The topological polar surface area (TPSA) is 103 Å². The number of cyclic esters (lactones) is 1. The highest BCUT2D eigenvalue weighted by Crippen LogP contribution is 2.31. The summed E-state index contributed by atoms with van der Waals surface area (Å²) in [7, 11) is -3.53. The molecule has 0 unspecified atom stereocenters. The van der Waals surface area contributed by atoms with Crippen LogP contribution in [0, 0.1) is 0 Å². The maximum absolute atomic E-state index is 12.8. The van der Waals surface area contributed by atoms with Crippen molar-refractivity contribution >= 4 is 27.8 Å². The minimum absolute atomic E-state index is 0.216. The van der Waals surface area contributed by atoms with Crippen LogP contribution in [0.15, 0.2) is 38.8 Å². The van der Waals surface area contributed by atoms with Gasteiger partial charge in [-0.1, -0.05) is 12.5 Å². The van der Waals surface area contributed by atoms with Crippen molar-refractivity contribution < 1.29 is 22.4 Å². The number of thioether (sulfide) groups is 1. The highest BCUT2D eigenvalue weighted by atomic mass is 32.2. The van der Waals surface area contributed by atoms with Gasteiger partial charge in [0.05, 0.1) is 11.5 Å². The quantitative estimate of drug-likeness (QED) is 0.693. The molecule has 0 radical (unpaired) electrons. The zero-order valence-electron chi connectivity index (χ0n) is 14.5. The first kappa shape index (κ1) is 18.5. The molecule has 0 spiro atoms. The summed E-state index contributed by atoms with van der Waals surface area (Å²) < 4.78 is 37.8. The van der Waals surface area contributed by atoms with Gasteiger partial charge < -0.3 is 9.15 Å². The van der Waals surface area contributed by atoms with Crippen molar-refractivity contribution in [1.82, 2.24) is 14.5 Å². The van der Waals surface area contributed by atoms with Gasteiger partial charge in [0, 0.05) is 25.1 Å². The molecule has 1 aromatic heterocycles. The molecule has 3 heterocycles. The number of piperidine rings is 1. The van der Waals surface area contributed by atoms with Crippen LogP contribution in [0.3, 0.4) is 0 Å². The van der Waals surface area contributed by atoms with Crippen molar-refractivity contribution in [2.45, 2.75) is 41.1 Å². The van der Waals surface area contributed by atoms with E-state index in [2.05, 4.69) is 10.2 Å². The number of rotatable bonds is 5. The first-order chi connectivity index (χ1) is 13.0. The Hall–Kier alpha value is -1.91. The summed E-state index contributed by atoms with van der Waals surface area (Å²) in [5, 5.41) is 7.86. The molecule has 10 heteroatoms. The average Bonchev–Trinajstić information content (AvgIpc) is 3.32. The fourth-order valence-corrected chi connectivity index (χ4v) is 5.52. The third-order valence-electron chi connectivity index (χ3n) is 4.57. The predicted octanol–water partition coefficient (Wildman–Crippen LogP) is 2.32. The molecule has 2 aliphatic heterocycles. The predicted molar refractivity (Wildman–Crippen MR) is 97.6 cm³/mol. The molecule has 2 aromatic rings. The van der Waals surface area contributed by atoms with Gasteiger partial charge in [-0.25, -0.2) is 8.42 Å².